The maximum Gasteiger partial charge on any atom is 0.358 e. The Morgan fingerprint density at radius 2 is 2.03 bits per heavy atom. The number of fused-ring (bicyclic) bond motifs is 3. The molecule has 1 fully saturated rings. The van der Waals surface area contributed by atoms with E-state index in [0.717, 1.165) is 28.4 Å². The summed E-state index contributed by atoms with van der Waals surface area (Å²) >= 11 is 3.56. The Morgan fingerprint density at radius 3 is 2.72 bits per heavy atom. The average Bonchev–Trinajstić information content (AvgIpc) is 3.30. The predicted octanol–water partition coefficient (Wildman–Crippen LogP) is 4.24. The van der Waals surface area contributed by atoms with E-state index in [-0.39, 0.29) is 11.6 Å². The van der Waals surface area contributed by atoms with Crippen molar-refractivity contribution >= 4 is 44.0 Å². The number of ether oxygens (including phenoxy) is 1. The van der Waals surface area contributed by atoms with Crippen molar-refractivity contribution in [1.82, 2.24) is 24.3 Å². The lowest BCUT2D eigenvalue weighted by molar-refractivity contribution is 0.0547. The van der Waals surface area contributed by atoms with Gasteiger partial charge in [0, 0.05) is 42.7 Å². The number of halogens is 2. The first kappa shape index (κ1) is 21.0. The fourth-order valence-electron chi connectivity index (χ4n) is 4.84. The molecule has 8 nitrogen and oxygen atoms in total. The highest BCUT2D eigenvalue weighted by molar-refractivity contribution is 9.10. The van der Waals surface area contributed by atoms with Gasteiger partial charge in [0.1, 0.15) is 22.4 Å². The maximum atomic E-state index is 15.2. The summed E-state index contributed by atoms with van der Waals surface area (Å²) in [6, 6.07) is 1.20. The first-order valence-electron chi connectivity index (χ1n) is 10.3. The Bertz CT molecular complexity index is 1360. The molecule has 4 aromatic heterocycles. The topological polar surface area (TPSA) is 95.1 Å². The van der Waals surface area contributed by atoms with Gasteiger partial charge in [-0.2, -0.15) is 5.10 Å². The van der Waals surface area contributed by atoms with Crippen molar-refractivity contribution in [3.8, 4) is 0 Å². The number of rotatable bonds is 4. The molecule has 1 saturated heterocycles. The molecule has 1 aliphatic rings. The van der Waals surface area contributed by atoms with Crippen molar-refractivity contribution in [2.24, 2.45) is 13.0 Å². The molecule has 0 saturated carbocycles. The van der Waals surface area contributed by atoms with Gasteiger partial charge in [0.2, 0.25) is 0 Å². The van der Waals surface area contributed by atoms with Gasteiger partial charge in [0.05, 0.1) is 17.8 Å². The molecule has 5 rings (SSSR count). The van der Waals surface area contributed by atoms with Crippen molar-refractivity contribution in [2.75, 3.05) is 13.2 Å². The fraction of sp³-hybridized carbons (Fsp3) is 0.364. The summed E-state index contributed by atoms with van der Waals surface area (Å²) in [7, 11) is 1.70. The van der Waals surface area contributed by atoms with Crippen LogP contribution in [-0.2, 0) is 11.8 Å². The molecule has 4 aromatic rings. The lowest BCUT2D eigenvalue weighted by Gasteiger charge is -2.33. The van der Waals surface area contributed by atoms with Crippen molar-refractivity contribution in [3.63, 3.8) is 0 Å². The molecule has 5 heterocycles. The highest BCUT2D eigenvalue weighted by Crippen LogP contribution is 2.43. The van der Waals surface area contributed by atoms with Gasteiger partial charge in [0.15, 0.2) is 5.69 Å². The number of aromatic carboxylic acids is 1. The number of aromatic nitrogens is 5. The van der Waals surface area contributed by atoms with E-state index in [1.54, 1.807) is 30.2 Å². The number of carboxylic acid groups (broad SMARTS) is 1. The molecule has 0 bridgehead atoms. The summed E-state index contributed by atoms with van der Waals surface area (Å²) in [6.07, 6.45) is 5.90. The van der Waals surface area contributed by atoms with E-state index >= 15 is 4.39 Å². The Kier molecular flexibility index (Phi) is 5.21. The third kappa shape index (κ3) is 3.12. The SMILES string of the molecule is Cc1c(Br)cnc2c3c(c(C(=O)O)nn3C)n(C(c3ccncc3F)C3CCOCC3)c12. The van der Waals surface area contributed by atoms with E-state index in [1.807, 2.05) is 11.5 Å². The zero-order valence-electron chi connectivity index (χ0n) is 17.5. The molecule has 10 heteroatoms. The van der Waals surface area contributed by atoms with Gasteiger partial charge >= 0.3 is 5.97 Å². The van der Waals surface area contributed by atoms with Crippen molar-refractivity contribution in [2.45, 2.75) is 25.8 Å². The minimum absolute atomic E-state index is 0.0275. The number of pyridine rings is 2. The zero-order valence-corrected chi connectivity index (χ0v) is 19.1. The molecule has 166 valence electrons. The van der Waals surface area contributed by atoms with Gasteiger partial charge in [-0.25, -0.2) is 9.18 Å². The van der Waals surface area contributed by atoms with Gasteiger partial charge in [0.25, 0.3) is 0 Å². The van der Waals surface area contributed by atoms with Crippen LogP contribution in [-0.4, -0.2) is 48.6 Å². The molecule has 0 amide bonds. The lowest BCUT2D eigenvalue weighted by Crippen LogP contribution is -2.28. The summed E-state index contributed by atoms with van der Waals surface area (Å²) in [6.45, 7) is 3.08. The summed E-state index contributed by atoms with van der Waals surface area (Å²) in [5.74, 6) is -1.54. The maximum absolute atomic E-state index is 15.2. The highest BCUT2D eigenvalue weighted by atomic mass is 79.9. The second kappa shape index (κ2) is 7.93. The van der Waals surface area contributed by atoms with Crippen LogP contribution in [0.4, 0.5) is 4.39 Å². The second-order valence-corrected chi connectivity index (χ2v) is 8.92. The minimum atomic E-state index is -1.14. The number of hydrogen-bond donors (Lipinski definition) is 1. The molecule has 1 aliphatic heterocycles. The van der Waals surface area contributed by atoms with E-state index in [2.05, 4.69) is 31.0 Å². The summed E-state index contributed by atoms with van der Waals surface area (Å²) in [5, 5.41) is 14.2. The fourth-order valence-corrected chi connectivity index (χ4v) is 5.13. The van der Waals surface area contributed by atoms with Crippen LogP contribution in [0.2, 0.25) is 0 Å². The van der Waals surface area contributed by atoms with Gasteiger partial charge in [-0.1, -0.05) is 0 Å². The molecule has 0 aliphatic carbocycles. The molecular weight excluding hydrogens is 481 g/mol. The largest absolute Gasteiger partial charge is 0.476 e. The number of hydrogen-bond acceptors (Lipinski definition) is 5. The van der Waals surface area contributed by atoms with Crippen LogP contribution < -0.4 is 0 Å². The van der Waals surface area contributed by atoms with Crippen molar-refractivity contribution < 1.29 is 19.0 Å². The van der Waals surface area contributed by atoms with Crippen LogP contribution in [0, 0.1) is 18.7 Å². The lowest BCUT2D eigenvalue weighted by atomic mass is 9.86. The normalized spacial score (nSPS) is 16.1. The molecule has 0 aromatic carbocycles. The van der Waals surface area contributed by atoms with Crippen molar-refractivity contribution in [3.05, 3.63) is 51.8 Å². The summed E-state index contributed by atoms with van der Waals surface area (Å²) < 4.78 is 25.0. The number of nitrogens with zero attached hydrogens (tertiary/aromatic N) is 5. The Labute approximate surface area is 191 Å². The Morgan fingerprint density at radius 1 is 1.28 bits per heavy atom. The minimum Gasteiger partial charge on any atom is -0.476 e. The summed E-state index contributed by atoms with van der Waals surface area (Å²) in [5.41, 5.74) is 3.73. The van der Waals surface area contributed by atoms with Crippen LogP contribution in [0.15, 0.2) is 29.1 Å². The van der Waals surface area contributed by atoms with Crippen LogP contribution in [0.1, 0.15) is 40.5 Å². The van der Waals surface area contributed by atoms with E-state index in [0.29, 0.717) is 35.3 Å². The average molecular weight is 502 g/mol. The third-order valence-corrected chi connectivity index (χ3v) is 7.09. The summed E-state index contributed by atoms with van der Waals surface area (Å²) in [4.78, 5) is 20.7. The molecule has 32 heavy (non-hydrogen) atoms. The molecule has 1 atom stereocenters. The van der Waals surface area contributed by atoms with Crippen LogP contribution >= 0.6 is 15.9 Å². The zero-order chi connectivity index (χ0) is 22.6. The molecule has 0 spiro atoms. The molecule has 1 N–H and O–H groups in total. The molecular formula is C22H21BrFN5O3. The number of aryl methyl sites for hydroxylation is 2. The molecule has 0 radical (unpaired) electrons. The smallest absolute Gasteiger partial charge is 0.358 e. The Hall–Kier alpha value is -2.85. The number of carboxylic acids is 1. The van der Waals surface area contributed by atoms with Gasteiger partial charge < -0.3 is 14.4 Å². The van der Waals surface area contributed by atoms with Gasteiger partial charge in [-0.3, -0.25) is 14.6 Å². The Balaban J connectivity index is 1.95. The van der Waals surface area contributed by atoms with Gasteiger partial charge in [-0.05, 0) is 53.2 Å². The molecule has 1 unspecified atom stereocenters. The van der Waals surface area contributed by atoms with Crippen LogP contribution in [0.5, 0.6) is 0 Å². The van der Waals surface area contributed by atoms with Crippen molar-refractivity contribution in [1.29, 1.82) is 0 Å². The second-order valence-electron chi connectivity index (χ2n) is 8.06. The van der Waals surface area contributed by atoms with E-state index in [9.17, 15) is 9.90 Å². The quantitative estimate of drug-likeness (QED) is 0.449. The first-order valence-corrected chi connectivity index (χ1v) is 11.1. The van der Waals surface area contributed by atoms with Gasteiger partial charge in [-0.15, -0.1) is 0 Å². The predicted molar refractivity (Wildman–Crippen MR) is 119 cm³/mol. The van der Waals surface area contributed by atoms with Crippen LogP contribution in [0.3, 0.4) is 0 Å². The van der Waals surface area contributed by atoms with E-state index < -0.39 is 17.8 Å². The monoisotopic (exact) mass is 501 g/mol. The van der Waals surface area contributed by atoms with E-state index in [4.69, 9.17) is 4.74 Å². The number of carbonyl (C=O) groups is 1. The highest BCUT2D eigenvalue weighted by Gasteiger charge is 2.35. The standard InChI is InChI=1S/C22H21BrFN5O3/c1-11-14(23)9-26-16-18(11)29(21-17(22(30)31)27-28(2)20(16)21)19(12-4-7-32-8-5-12)13-3-6-25-10-15(13)24/h3,6,9-10,12,19H,4-5,7-8H2,1-2H3,(H,30,31). The van der Waals surface area contributed by atoms with E-state index in [1.165, 1.54) is 6.20 Å². The third-order valence-electron chi connectivity index (χ3n) is 6.29. The van der Waals surface area contributed by atoms with Crippen LogP contribution in [0.25, 0.3) is 22.1 Å². The first-order chi connectivity index (χ1) is 15.4.